The van der Waals surface area contributed by atoms with E-state index in [0.717, 1.165) is 11.1 Å². The van der Waals surface area contributed by atoms with Gasteiger partial charge >= 0.3 is 0 Å². The molecular formula is C16H17FN2O. The lowest BCUT2D eigenvalue weighted by Crippen LogP contribution is -2.35. The summed E-state index contributed by atoms with van der Waals surface area (Å²) in [7, 11) is 1.59. The van der Waals surface area contributed by atoms with Crippen molar-refractivity contribution >= 4 is 11.6 Å². The minimum absolute atomic E-state index is 0.278. The van der Waals surface area contributed by atoms with Gasteiger partial charge in [-0.05, 0) is 30.7 Å². The van der Waals surface area contributed by atoms with Crippen molar-refractivity contribution in [2.45, 2.75) is 13.0 Å². The van der Waals surface area contributed by atoms with Crippen LogP contribution in [0.1, 0.15) is 17.2 Å². The SMILES string of the molecule is Cc1ccc(C(N)C(=O)N(C)c2cccc(F)c2)cc1. The maximum Gasteiger partial charge on any atom is 0.248 e. The van der Waals surface area contributed by atoms with Crippen molar-refractivity contribution in [3.8, 4) is 0 Å². The van der Waals surface area contributed by atoms with Crippen LogP contribution in [-0.4, -0.2) is 13.0 Å². The Labute approximate surface area is 117 Å². The van der Waals surface area contributed by atoms with Crippen LogP contribution in [0.4, 0.5) is 10.1 Å². The first-order valence-electron chi connectivity index (χ1n) is 6.34. The molecule has 4 heteroatoms. The maximum atomic E-state index is 13.2. The van der Waals surface area contributed by atoms with Gasteiger partial charge in [0.15, 0.2) is 0 Å². The van der Waals surface area contributed by atoms with Crippen LogP contribution in [-0.2, 0) is 4.79 Å². The van der Waals surface area contributed by atoms with Crippen LogP contribution < -0.4 is 10.6 Å². The molecule has 1 amide bonds. The zero-order chi connectivity index (χ0) is 14.7. The molecule has 104 valence electrons. The second-order valence-corrected chi connectivity index (χ2v) is 4.77. The number of nitrogens with zero attached hydrogens (tertiary/aromatic N) is 1. The number of rotatable bonds is 3. The summed E-state index contributed by atoms with van der Waals surface area (Å²) < 4.78 is 13.2. The standard InChI is InChI=1S/C16H17FN2O/c1-11-6-8-12(9-7-11)15(18)16(20)19(2)14-5-3-4-13(17)10-14/h3-10,15H,18H2,1-2H3. The van der Waals surface area contributed by atoms with E-state index in [1.807, 2.05) is 31.2 Å². The fraction of sp³-hybridized carbons (Fsp3) is 0.188. The predicted octanol–water partition coefficient (Wildman–Crippen LogP) is 2.80. The topological polar surface area (TPSA) is 46.3 Å². The fourth-order valence-electron chi connectivity index (χ4n) is 1.94. The molecule has 1 unspecified atom stereocenters. The molecule has 0 saturated carbocycles. The Morgan fingerprint density at radius 1 is 1.20 bits per heavy atom. The molecule has 2 aromatic carbocycles. The maximum absolute atomic E-state index is 13.2. The molecule has 0 aliphatic carbocycles. The monoisotopic (exact) mass is 272 g/mol. The van der Waals surface area contributed by atoms with Crippen molar-refractivity contribution in [1.29, 1.82) is 0 Å². The number of carbonyl (C=O) groups is 1. The number of anilines is 1. The highest BCUT2D eigenvalue weighted by molar-refractivity contribution is 5.97. The van der Waals surface area contributed by atoms with Gasteiger partial charge in [-0.15, -0.1) is 0 Å². The second kappa shape index (κ2) is 5.84. The number of aryl methyl sites for hydroxylation is 1. The normalized spacial score (nSPS) is 12.0. The molecule has 20 heavy (non-hydrogen) atoms. The Balaban J connectivity index is 2.20. The molecule has 0 fully saturated rings. The van der Waals surface area contributed by atoms with Crippen molar-refractivity contribution in [3.05, 3.63) is 65.5 Å². The van der Waals surface area contributed by atoms with Crippen LogP contribution in [0.2, 0.25) is 0 Å². The molecular weight excluding hydrogens is 255 g/mol. The number of hydrogen-bond donors (Lipinski definition) is 1. The Morgan fingerprint density at radius 3 is 2.45 bits per heavy atom. The molecule has 0 aromatic heterocycles. The van der Waals surface area contributed by atoms with Crippen LogP contribution in [0.15, 0.2) is 48.5 Å². The van der Waals surface area contributed by atoms with Gasteiger partial charge < -0.3 is 10.6 Å². The molecule has 0 heterocycles. The number of nitrogens with two attached hydrogens (primary N) is 1. The molecule has 0 aliphatic rings. The van der Waals surface area contributed by atoms with Gasteiger partial charge in [0.05, 0.1) is 0 Å². The van der Waals surface area contributed by atoms with Gasteiger partial charge in [0.2, 0.25) is 5.91 Å². The smallest absolute Gasteiger partial charge is 0.248 e. The highest BCUT2D eigenvalue weighted by Crippen LogP contribution is 2.19. The lowest BCUT2D eigenvalue weighted by atomic mass is 10.0. The molecule has 0 saturated heterocycles. The van der Waals surface area contributed by atoms with Gasteiger partial charge in [-0.2, -0.15) is 0 Å². The third-order valence-electron chi connectivity index (χ3n) is 3.23. The molecule has 0 bridgehead atoms. The van der Waals surface area contributed by atoms with E-state index in [1.165, 1.54) is 17.0 Å². The van der Waals surface area contributed by atoms with E-state index in [-0.39, 0.29) is 11.7 Å². The molecule has 2 rings (SSSR count). The average Bonchev–Trinajstić information content (AvgIpc) is 2.46. The quantitative estimate of drug-likeness (QED) is 0.934. The van der Waals surface area contributed by atoms with Gasteiger partial charge in [-0.1, -0.05) is 35.9 Å². The number of carbonyl (C=O) groups excluding carboxylic acids is 1. The first-order valence-corrected chi connectivity index (χ1v) is 6.34. The second-order valence-electron chi connectivity index (χ2n) is 4.77. The van der Waals surface area contributed by atoms with Gasteiger partial charge in [0.25, 0.3) is 0 Å². The third kappa shape index (κ3) is 3.03. The van der Waals surface area contributed by atoms with Crippen molar-refractivity contribution in [1.82, 2.24) is 0 Å². The summed E-state index contributed by atoms with van der Waals surface area (Å²) in [6.45, 7) is 1.97. The highest BCUT2D eigenvalue weighted by atomic mass is 19.1. The van der Waals surface area contributed by atoms with Crippen LogP contribution in [0.25, 0.3) is 0 Å². The van der Waals surface area contributed by atoms with Crippen LogP contribution in [0, 0.1) is 12.7 Å². The van der Waals surface area contributed by atoms with Crippen LogP contribution in [0.5, 0.6) is 0 Å². The Kier molecular flexibility index (Phi) is 4.15. The van der Waals surface area contributed by atoms with Gasteiger partial charge in [0, 0.05) is 12.7 Å². The number of benzene rings is 2. The minimum atomic E-state index is -0.760. The van der Waals surface area contributed by atoms with E-state index in [2.05, 4.69) is 0 Å². The van der Waals surface area contributed by atoms with Crippen LogP contribution >= 0.6 is 0 Å². The molecule has 0 spiro atoms. The first kappa shape index (κ1) is 14.2. The third-order valence-corrected chi connectivity index (χ3v) is 3.23. The number of likely N-dealkylation sites (N-methyl/N-ethyl adjacent to an activating group) is 1. The number of hydrogen-bond acceptors (Lipinski definition) is 2. The molecule has 3 nitrogen and oxygen atoms in total. The Morgan fingerprint density at radius 2 is 1.85 bits per heavy atom. The molecule has 2 aromatic rings. The number of amides is 1. The van der Waals surface area contributed by atoms with Crippen molar-refractivity contribution in [2.24, 2.45) is 5.73 Å². The van der Waals surface area contributed by atoms with Gasteiger partial charge in [-0.25, -0.2) is 4.39 Å². The summed E-state index contributed by atoms with van der Waals surface area (Å²) in [5.41, 5.74) is 8.31. The van der Waals surface area contributed by atoms with Gasteiger partial charge in [0.1, 0.15) is 11.9 Å². The van der Waals surface area contributed by atoms with Gasteiger partial charge in [-0.3, -0.25) is 4.79 Å². The van der Waals surface area contributed by atoms with Crippen molar-refractivity contribution in [3.63, 3.8) is 0 Å². The molecule has 0 radical (unpaired) electrons. The highest BCUT2D eigenvalue weighted by Gasteiger charge is 2.21. The van der Waals surface area contributed by atoms with E-state index in [9.17, 15) is 9.18 Å². The summed E-state index contributed by atoms with van der Waals surface area (Å²) in [5.74, 6) is -0.662. The van der Waals surface area contributed by atoms with E-state index in [0.29, 0.717) is 5.69 Å². The average molecular weight is 272 g/mol. The minimum Gasteiger partial charge on any atom is -0.316 e. The number of halogens is 1. The van der Waals surface area contributed by atoms with Crippen molar-refractivity contribution in [2.75, 3.05) is 11.9 Å². The zero-order valence-corrected chi connectivity index (χ0v) is 11.5. The predicted molar refractivity (Wildman–Crippen MR) is 77.9 cm³/mol. The molecule has 2 N–H and O–H groups in total. The summed E-state index contributed by atoms with van der Waals surface area (Å²) in [6.07, 6.45) is 0. The zero-order valence-electron chi connectivity index (χ0n) is 11.5. The van der Waals surface area contributed by atoms with E-state index in [1.54, 1.807) is 19.2 Å². The molecule has 0 aliphatic heterocycles. The largest absolute Gasteiger partial charge is 0.316 e. The first-order chi connectivity index (χ1) is 9.49. The summed E-state index contributed by atoms with van der Waals surface area (Å²) in [4.78, 5) is 13.7. The Bertz CT molecular complexity index is 610. The fourth-order valence-corrected chi connectivity index (χ4v) is 1.94. The summed E-state index contributed by atoms with van der Waals surface area (Å²) in [6, 6.07) is 12.6. The summed E-state index contributed by atoms with van der Waals surface area (Å²) in [5, 5.41) is 0. The molecule has 1 atom stereocenters. The summed E-state index contributed by atoms with van der Waals surface area (Å²) >= 11 is 0. The lowest BCUT2D eigenvalue weighted by Gasteiger charge is -2.21. The van der Waals surface area contributed by atoms with Crippen LogP contribution in [0.3, 0.4) is 0 Å². The lowest BCUT2D eigenvalue weighted by molar-refractivity contribution is -0.119. The van der Waals surface area contributed by atoms with Crippen molar-refractivity contribution < 1.29 is 9.18 Å². The van der Waals surface area contributed by atoms with E-state index >= 15 is 0 Å². The Hall–Kier alpha value is -2.20. The van der Waals surface area contributed by atoms with E-state index < -0.39 is 6.04 Å². The van der Waals surface area contributed by atoms with E-state index in [4.69, 9.17) is 5.73 Å².